The van der Waals surface area contributed by atoms with Crippen molar-refractivity contribution in [3.05, 3.63) is 0 Å². The molecule has 17 heavy (non-hydrogen) atoms. The summed E-state index contributed by atoms with van der Waals surface area (Å²) in [7, 11) is 0. The van der Waals surface area contributed by atoms with Gasteiger partial charge in [-0.25, -0.2) is 0 Å². The van der Waals surface area contributed by atoms with Gasteiger partial charge in [0.05, 0.1) is 0 Å². The van der Waals surface area contributed by atoms with E-state index in [2.05, 4.69) is 32.6 Å². The molecule has 1 aliphatic carbocycles. The van der Waals surface area contributed by atoms with Crippen molar-refractivity contribution in [3.63, 3.8) is 0 Å². The van der Waals surface area contributed by atoms with Crippen LogP contribution in [0.4, 0.5) is 0 Å². The summed E-state index contributed by atoms with van der Waals surface area (Å²) in [5, 5.41) is 0. The highest BCUT2D eigenvalue weighted by molar-refractivity contribution is 4.90. The second-order valence-electron chi connectivity index (χ2n) is 5.79. The maximum atomic E-state index is 6.36. The molecule has 102 valence electrons. The van der Waals surface area contributed by atoms with E-state index in [0.29, 0.717) is 18.1 Å². The first-order chi connectivity index (χ1) is 8.13. The second-order valence-corrected chi connectivity index (χ2v) is 5.79. The summed E-state index contributed by atoms with van der Waals surface area (Å²) in [6.07, 6.45) is 7.85. The van der Waals surface area contributed by atoms with Gasteiger partial charge in [-0.05, 0) is 45.1 Å². The van der Waals surface area contributed by atoms with Crippen LogP contribution in [0.2, 0.25) is 0 Å². The van der Waals surface area contributed by atoms with Crippen molar-refractivity contribution in [1.29, 1.82) is 0 Å². The van der Waals surface area contributed by atoms with Gasteiger partial charge >= 0.3 is 0 Å². The Hall–Kier alpha value is -0.0800. The Morgan fingerprint density at radius 1 is 1.24 bits per heavy atom. The molecule has 0 radical (unpaired) electrons. The van der Waals surface area contributed by atoms with Crippen LogP contribution in [0.3, 0.4) is 0 Å². The Morgan fingerprint density at radius 2 is 1.94 bits per heavy atom. The molecule has 0 amide bonds. The lowest BCUT2D eigenvalue weighted by molar-refractivity contribution is 0.0786. The zero-order valence-corrected chi connectivity index (χ0v) is 12.3. The Balaban J connectivity index is 2.63. The van der Waals surface area contributed by atoms with Gasteiger partial charge in [-0.15, -0.1) is 0 Å². The van der Waals surface area contributed by atoms with E-state index in [1.165, 1.54) is 38.5 Å². The molecule has 2 heteroatoms. The normalized spacial score (nSPS) is 31.8. The first-order valence-electron chi connectivity index (χ1n) is 7.65. The van der Waals surface area contributed by atoms with E-state index >= 15 is 0 Å². The zero-order chi connectivity index (χ0) is 12.8. The highest BCUT2D eigenvalue weighted by Crippen LogP contribution is 2.31. The predicted molar refractivity (Wildman–Crippen MR) is 76.1 cm³/mol. The maximum absolute atomic E-state index is 6.36. The van der Waals surface area contributed by atoms with Gasteiger partial charge in [0.25, 0.3) is 0 Å². The van der Waals surface area contributed by atoms with Gasteiger partial charge in [0.2, 0.25) is 0 Å². The number of rotatable bonds is 6. The lowest BCUT2D eigenvalue weighted by Crippen LogP contribution is -2.54. The van der Waals surface area contributed by atoms with Crippen LogP contribution in [0.15, 0.2) is 0 Å². The van der Waals surface area contributed by atoms with Crippen molar-refractivity contribution in [2.45, 2.75) is 84.3 Å². The van der Waals surface area contributed by atoms with Crippen molar-refractivity contribution in [1.82, 2.24) is 4.90 Å². The Kier molecular flexibility index (Phi) is 6.50. The third-order valence-corrected chi connectivity index (χ3v) is 4.62. The molecule has 1 saturated carbocycles. The van der Waals surface area contributed by atoms with Crippen LogP contribution in [0, 0.1) is 5.92 Å². The van der Waals surface area contributed by atoms with E-state index in [1.54, 1.807) is 0 Å². The zero-order valence-electron chi connectivity index (χ0n) is 12.3. The molecule has 0 aliphatic heterocycles. The molecule has 4 unspecified atom stereocenters. The first-order valence-corrected chi connectivity index (χ1v) is 7.65. The van der Waals surface area contributed by atoms with E-state index in [-0.39, 0.29) is 0 Å². The molecule has 0 aromatic heterocycles. The summed E-state index contributed by atoms with van der Waals surface area (Å²) in [4.78, 5) is 2.65. The largest absolute Gasteiger partial charge is 0.326 e. The molecule has 0 bridgehead atoms. The van der Waals surface area contributed by atoms with Crippen LogP contribution >= 0.6 is 0 Å². The Labute approximate surface area is 108 Å². The smallest absolute Gasteiger partial charge is 0.0252 e. The molecule has 0 aromatic carbocycles. The molecular weight excluding hydrogens is 208 g/mol. The fourth-order valence-electron chi connectivity index (χ4n) is 3.41. The van der Waals surface area contributed by atoms with Gasteiger partial charge in [-0.3, -0.25) is 4.90 Å². The van der Waals surface area contributed by atoms with E-state index in [0.717, 1.165) is 12.5 Å². The second kappa shape index (κ2) is 7.38. The molecule has 0 aromatic rings. The monoisotopic (exact) mass is 240 g/mol. The summed E-state index contributed by atoms with van der Waals surface area (Å²) < 4.78 is 0. The highest BCUT2D eigenvalue weighted by Gasteiger charge is 2.32. The fraction of sp³-hybridized carbons (Fsp3) is 1.00. The van der Waals surface area contributed by atoms with Crippen molar-refractivity contribution in [2.75, 3.05) is 6.54 Å². The van der Waals surface area contributed by atoms with Crippen LogP contribution in [0.1, 0.15) is 66.2 Å². The van der Waals surface area contributed by atoms with E-state index in [9.17, 15) is 0 Å². The third-order valence-electron chi connectivity index (χ3n) is 4.62. The predicted octanol–water partition coefficient (Wildman–Crippen LogP) is 3.40. The number of likely N-dealkylation sites (N-methyl/N-ethyl adjacent to an activating group) is 1. The topological polar surface area (TPSA) is 29.3 Å². The molecule has 1 rings (SSSR count). The van der Waals surface area contributed by atoms with Gasteiger partial charge in [0, 0.05) is 18.1 Å². The minimum atomic E-state index is 0.400. The number of hydrogen-bond donors (Lipinski definition) is 1. The molecule has 0 saturated heterocycles. The molecule has 0 heterocycles. The van der Waals surface area contributed by atoms with Crippen LogP contribution in [0.25, 0.3) is 0 Å². The van der Waals surface area contributed by atoms with E-state index in [1.807, 2.05) is 0 Å². The van der Waals surface area contributed by atoms with Crippen molar-refractivity contribution in [2.24, 2.45) is 11.7 Å². The molecule has 1 aliphatic rings. The van der Waals surface area contributed by atoms with E-state index < -0.39 is 0 Å². The third kappa shape index (κ3) is 3.96. The average molecular weight is 240 g/mol. The quantitative estimate of drug-likeness (QED) is 0.771. The maximum Gasteiger partial charge on any atom is 0.0252 e. The van der Waals surface area contributed by atoms with Crippen molar-refractivity contribution >= 4 is 0 Å². The molecule has 0 spiro atoms. The minimum absolute atomic E-state index is 0.400. The highest BCUT2D eigenvalue weighted by atomic mass is 15.2. The number of hydrogen-bond acceptors (Lipinski definition) is 2. The average Bonchev–Trinajstić information content (AvgIpc) is 2.34. The Morgan fingerprint density at radius 3 is 2.47 bits per heavy atom. The summed E-state index contributed by atoms with van der Waals surface area (Å²) in [5.41, 5.74) is 6.36. The molecule has 1 fully saturated rings. The van der Waals surface area contributed by atoms with Gasteiger partial charge in [-0.1, -0.05) is 33.6 Å². The SMILES string of the molecule is CCCC1CCC(N)C(N(CC)C(C)CC)C1. The van der Waals surface area contributed by atoms with Crippen LogP contribution in [0.5, 0.6) is 0 Å². The van der Waals surface area contributed by atoms with Crippen LogP contribution in [-0.2, 0) is 0 Å². The fourth-order valence-corrected chi connectivity index (χ4v) is 3.41. The number of nitrogens with two attached hydrogens (primary N) is 1. The van der Waals surface area contributed by atoms with Gasteiger partial charge in [-0.2, -0.15) is 0 Å². The van der Waals surface area contributed by atoms with Crippen LogP contribution in [-0.4, -0.2) is 29.6 Å². The molecule has 2 nitrogen and oxygen atoms in total. The lowest BCUT2D eigenvalue weighted by Gasteiger charge is -2.43. The Bertz CT molecular complexity index is 205. The van der Waals surface area contributed by atoms with E-state index in [4.69, 9.17) is 5.73 Å². The molecular formula is C15H32N2. The molecule has 4 atom stereocenters. The van der Waals surface area contributed by atoms with Gasteiger partial charge < -0.3 is 5.73 Å². The summed E-state index contributed by atoms with van der Waals surface area (Å²) in [5.74, 6) is 0.919. The lowest BCUT2D eigenvalue weighted by atomic mass is 9.79. The standard InChI is InChI=1S/C15H32N2/c1-5-8-13-9-10-14(16)15(11-13)17(7-3)12(4)6-2/h12-15H,5-11,16H2,1-4H3. The van der Waals surface area contributed by atoms with Gasteiger partial charge in [0.15, 0.2) is 0 Å². The van der Waals surface area contributed by atoms with Crippen molar-refractivity contribution in [3.8, 4) is 0 Å². The molecule has 2 N–H and O–H groups in total. The minimum Gasteiger partial charge on any atom is -0.326 e. The first kappa shape index (κ1) is 15.0. The van der Waals surface area contributed by atoms with Gasteiger partial charge in [0.1, 0.15) is 0 Å². The summed E-state index contributed by atoms with van der Waals surface area (Å²) in [6, 6.07) is 1.70. The number of nitrogens with zero attached hydrogens (tertiary/aromatic N) is 1. The van der Waals surface area contributed by atoms with Crippen LogP contribution < -0.4 is 5.73 Å². The summed E-state index contributed by atoms with van der Waals surface area (Å²) >= 11 is 0. The van der Waals surface area contributed by atoms with Crippen molar-refractivity contribution < 1.29 is 0 Å². The summed E-state index contributed by atoms with van der Waals surface area (Å²) in [6.45, 7) is 10.4.